The van der Waals surface area contributed by atoms with E-state index in [1.807, 2.05) is 172 Å². The fourth-order valence-electron chi connectivity index (χ4n) is 14.8. The molecule has 4 aromatic heterocycles. The topological polar surface area (TPSA) is 94.5 Å². The lowest BCUT2D eigenvalue weighted by atomic mass is 9.95. The molecule has 0 saturated heterocycles. The number of rotatable bonds is 7. The van der Waals surface area contributed by atoms with Crippen LogP contribution >= 0.6 is 0 Å². The molecule has 18 rings (SSSR count). The van der Waals surface area contributed by atoms with Crippen molar-refractivity contribution < 1.29 is 19.2 Å². The Morgan fingerprint density at radius 2 is 0.420 bits per heavy atom. The summed E-state index contributed by atoms with van der Waals surface area (Å²) in [4.78, 5) is 65.4. The molecule has 12 aromatic carbocycles. The fraction of sp³-hybridized carbons (Fsp3) is 0.0256. The van der Waals surface area contributed by atoms with Crippen LogP contribution in [0, 0.1) is 13.8 Å². The number of fused-ring (bicyclic) bond motifs is 14. The smallest absolute Gasteiger partial charge is 0.268 e. The van der Waals surface area contributed by atoms with Gasteiger partial charge in [-0.3, -0.25) is 19.2 Å². The zero-order chi connectivity index (χ0) is 58.8. The van der Waals surface area contributed by atoms with Gasteiger partial charge in [-0.2, -0.15) is 0 Å². The number of hydrogen-bond donors (Lipinski definition) is 0. The molecule has 0 radical (unpaired) electrons. The van der Waals surface area contributed by atoms with Gasteiger partial charge in [0.05, 0.1) is 101 Å². The van der Waals surface area contributed by atoms with Gasteiger partial charge in [0.2, 0.25) is 0 Å². The molecule has 0 atom stereocenters. The standard InChI is InChI=1S/C78H48N6O4/c1-45-43-47(79-75(85)71-67(81-59-27-11-3-19-51(59)52-20-4-12-28-60(52)81)39-40-68(72(71)76(79)86)82-61-29-13-5-21-53(61)54-22-6-14-30-62(54)82)35-37-49(45)50-38-36-48(44-46(50)2)80-77(87)73-69(83-63-31-15-7-23-55(63)56-24-8-16-32-64(56)83)41-42-70(74(73)78(80)88)84-65-33-17-9-25-57(65)58-26-10-18-34-66(58)84/h3-44H,1-2H3. The second kappa shape index (κ2) is 18.3. The first-order chi connectivity index (χ1) is 43.2. The lowest BCUT2D eigenvalue weighted by Gasteiger charge is -2.19. The second-order valence-electron chi connectivity index (χ2n) is 23.1. The first kappa shape index (κ1) is 49.5. The summed E-state index contributed by atoms with van der Waals surface area (Å²) in [5, 5.41) is 8.33. The third-order valence-corrected chi connectivity index (χ3v) is 18.5. The minimum atomic E-state index is -0.421. The summed E-state index contributed by atoms with van der Waals surface area (Å²) >= 11 is 0. The summed E-state index contributed by atoms with van der Waals surface area (Å²) in [7, 11) is 0. The molecule has 0 saturated carbocycles. The summed E-state index contributed by atoms with van der Waals surface area (Å²) in [6.45, 7) is 3.96. The molecule has 0 bridgehead atoms. The third kappa shape index (κ3) is 6.65. The maximum Gasteiger partial charge on any atom is 0.268 e. The van der Waals surface area contributed by atoms with Crippen LogP contribution in [0.4, 0.5) is 11.4 Å². The molecule has 0 unspecified atom stereocenters. The van der Waals surface area contributed by atoms with Crippen molar-refractivity contribution in [3.63, 3.8) is 0 Å². The number of hydrogen-bond acceptors (Lipinski definition) is 4. The van der Waals surface area contributed by atoms with E-state index in [0.29, 0.717) is 56.4 Å². The number of anilines is 2. The number of nitrogens with zero attached hydrogens (tertiary/aromatic N) is 6. The lowest BCUT2D eigenvalue weighted by Crippen LogP contribution is -2.30. The summed E-state index contributed by atoms with van der Waals surface area (Å²) in [5.74, 6) is -1.68. The zero-order valence-corrected chi connectivity index (χ0v) is 47.6. The van der Waals surface area contributed by atoms with Gasteiger partial charge in [0.1, 0.15) is 0 Å². The number of aromatic nitrogens is 4. The van der Waals surface area contributed by atoms with E-state index in [2.05, 4.69) is 115 Å². The Bertz CT molecular complexity index is 4970. The molecule has 414 valence electrons. The van der Waals surface area contributed by atoms with E-state index >= 15 is 19.2 Å². The predicted molar refractivity (Wildman–Crippen MR) is 354 cm³/mol. The number of benzene rings is 12. The molecule has 88 heavy (non-hydrogen) atoms. The molecule has 4 amide bonds. The molecular formula is C78H48N6O4. The Morgan fingerprint density at radius 1 is 0.227 bits per heavy atom. The highest BCUT2D eigenvalue weighted by Crippen LogP contribution is 2.46. The van der Waals surface area contributed by atoms with Crippen molar-refractivity contribution in [3.8, 4) is 33.9 Å². The average molecular weight is 1130 g/mol. The third-order valence-electron chi connectivity index (χ3n) is 18.5. The van der Waals surface area contributed by atoms with E-state index in [0.717, 1.165) is 109 Å². The minimum Gasteiger partial charge on any atom is -0.308 e. The van der Waals surface area contributed by atoms with E-state index < -0.39 is 23.6 Å². The number of amides is 4. The van der Waals surface area contributed by atoms with Gasteiger partial charge in [-0.25, -0.2) is 9.80 Å². The average Bonchev–Trinajstić information content (AvgIpc) is 1.60. The largest absolute Gasteiger partial charge is 0.308 e. The van der Waals surface area contributed by atoms with Gasteiger partial charge in [-0.1, -0.05) is 158 Å². The summed E-state index contributed by atoms with van der Waals surface area (Å²) < 4.78 is 8.47. The summed E-state index contributed by atoms with van der Waals surface area (Å²) in [6.07, 6.45) is 0. The Labute approximate surface area is 502 Å². The highest BCUT2D eigenvalue weighted by molar-refractivity contribution is 6.38. The van der Waals surface area contributed by atoms with Gasteiger partial charge in [0.25, 0.3) is 23.6 Å². The van der Waals surface area contributed by atoms with Crippen molar-refractivity contribution in [2.75, 3.05) is 9.80 Å². The molecule has 2 aliphatic rings. The number of carbonyl (C=O) groups is 4. The lowest BCUT2D eigenvalue weighted by molar-refractivity contribution is 0.0910. The van der Waals surface area contributed by atoms with Crippen molar-refractivity contribution >= 4 is 122 Å². The maximum absolute atomic E-state index is 15.7. The summed E-state index contributed by atoms with van der Waals surface area (Å²) in [6, 6.07) is 84.8. The van der Waals surface area contributed by atoms with Crippen LogP contribution in [0.2, 0.25) is 0 Å². The first-order valence-electron chi connectivity index (χ1n) is 29.5. The Balaban J connectivity index is 0.754. The van der Waals surface area contributed by atoms with Gasteiger partial charge in [-0.05, 0) is 133 Å². The van der Waals surface area contributed by atoms with E-state index in [4.69, 9.17) is 0 Å². The number of carbonyl (C=O) groups excluding carboxylic acids is 4. The molecule has 0 spiro atoms. The van der Waals surface area contributed by atoms with Gasteiger partial charge >= 0.3 is 0 Å². The number of imide groups is 2. The maximum atomic E-state index is 15.7. The van der Waals surface area contributed by atoms with E-state index in [-0.39, 0.29) is 0 Å². The van der Waals surface area contributed by atoms with Crippen molar-refractivity contribution in [1.82, 2.24) is 18.3 Å². The van der Waals surface area contributed by atoms with Crippen LogP contribution in [0.25, 0.3) is 121 Å². The van der Waals surface area contributed by atoms with Crippen LogP contribution in [0.1, 0.15) is 52.6 Å². The Hall–Kier alpha value is -11.9. The Morgan fingerprint density at radius 3 is 0.614 bits per heavy atom. The molecule has 16 aromatic rings. The van der Waals surface area contributed by atoms with Crippen molar-refractivity contribution in [1.29, 1.82) is 0 Å². The van der Waals surface area contributed by atoms with Gasteiger partial charge in [0, 0.05) is 43.1 Å². The van der Waals surface area contributed by atoms with Crippen LogP contribution in [0.5, 0.6) is 0 Å². The SMILES string of the molecule is Cc1cc(N2C(=O)c3c(-n4c5ccccc5c5ccccc54)ccc(-n4c5ccccc5c5ccccc54)c3C2=O)ccc1-c1ccc(N2C(=O)c3c(-n4c5ccccc5c5ccccc54)ccc(-n4c5ccccc5c5ccccc54)c3C2=O)cc1C. The normalized spacial score (nSPS) is 13.4. The summed E-state index contributed by atoms with van der Waals surface area (Å²) in [5.41, 5.74) is 15.4. The Kier molecular flexibility index (Phi) is 10.3. The minimum absolute atomic E-state index is 0.321. The highest BCUT2D eigenvalue weighted by atomic mass is 16.2. The van der Waals surface area contributed by atoms with E-state index in [1.165, 1.54) is 9.80 Å². The molecular weight excluding hydrogens is 1080 g/mol. The van der Waals surface area contributed by atoms with Crippen LogP contribution in [-0.4, -0.2) is 41.9 Å². The second-order valence-corrected chi connectivity index (χ2v) is 23.1. The van der Waals surface area contributed by atoms with E-state index in [1.54, 1.807) is 0 Å². The highest BCUT2D eigenvalue weighted by Gasteiger charge is 2.44. The van der Waals surface area contributed by atoms with Gasteiger partial charge < -0.3 is 18.3 Å². The predicted octanol–water partition coefficient (Wildman–Crippen LogP) is 18.0. The van der Waals surface area contributed by atoms with Crippen LogP contribution in [0.15, 0.2) is 255 Å². The van der Waals surface area contributed by atoms with Gasteiger partial charge in [-0.15, -0.1) is 0 Å². The molecule has 0 N–H and O–H groups in total. The molecule has 0 fully saturated rings. The monoisotopic (exact) mass is 1130 g/mol. The fourth-order valence-corrected chi connectivity index (χ4v) is 14.8. The molecule has 6 heterocycles. The van der Waals surface area contributed by atoms with Gasteiger partial charge in [0.15, 0.2) is 0 Å². The zero-order valence-electron chi connectivity index (χ0n) is 47.6. The number of aryl methyl sites for hydroxylation is 2. The quantitative estimate of drug-likeness (QED) is 0.149. The van der Waals surface area contributed by atoms with E-state index in [9.17, 15) is 0 Å². The van der Waals surface area contributed by atoms with Crippen molar-refractivity contribution in [2.45, 2.75) is 13.8 Å². The van der Waals surface area contributed by atoms with Crippen LogP contribution < -0.4 is 9.80 Å². The van der Waals surface area contributed by atoms with Crippen molar-refractivity contribution in [2.24, 2.45) is 0 Å². The molecule has 10 heteroatoms. The molecule has 10 nitrogen and oxygen atoms in total. The number of para-hydroxylation sites is 8. The molecule has 0 aliphatic carbocycles. The van der Waals surface area contributed by atoms with Crippen LogP contribution in [-0.2, 0) is 0 Å². The van der Waals surface area contributed by atoms with Crippen LogP contribution in [0.3, 0.4) is 0 Å². The van der Waals surface area contributed by atoms with Crippen molar-refractivity contribution in [3.05, 3.63) is 288 Å². The first-order valence-corrected chi connectivity index (χ1v) is 29.5. The molecule has 2 aliphatic heterocycles.